The molecule has 8 heteroatoms. The summed E-state index contributed by atoms with van der Waals surface area (Å²) in [6, 6.07) is 12.0. The number of nitrogens with zero attached hydrogens (tertiary/aromatic N) is 1. The van der Waals surface area contributed by atoms with E-state index in [-0.39, 0.29) is 18.4 Å². The van der Waals surface area contributed by atoms with Gasteiger partial charge >= 0.3 is 6.18 Å². The average molecular weight is 399 g/mol. The van der Waals surface area contributed by atoms with E-state index >= 15 is 0 Å². The van der Waals surface area contributed by atoms with Gasteiger partial charge in [0.25, 0.3) is 0 Å². The first-order valence-corrected chi connectivity index (χ1v) is 10.0. The number of ether oxygens (including phenoxy) is 1. The fourth-order valence-corrected chi connectivity index (χ4v) is 4.27. The third kappa shape index (κ3) is 4.88. The predicted octanol–water partition coefficient (Wildman–Crippen LogP) is 3.61. The lowest BCUT2D eigenvalue weighted by Gasteiger charge is -2.28. The highest BCUT2D eigenvalue weighted by atomic mass is 32.2. The second kappa shape index (κ2) is 7.61. The highest BCUT2D eigenvalue weighted by Gasteiger charge is 2.30. The fraction of sp³-hybridized carbons (Fsp3) is 0.368. The Balaban J connectivity index is 1.63. The molecule has 4 nitrogen and oxygen atoms in total. The van der Waals surface area contributed by atoms with Gasteiger partial charge in [-0.2, -0.15) is 13.2 Å². The molecule has 0 aliphatic carbocycles. The molecule has 2 aromatic rings. The molecule has 2 aromatic carbocycles. The topological polar surface area (TPSA) is 46.6 Å². The molecule has 1 aliphatic heterocycles. The van der Waals surface area contributed by atoms with Crippen LogP contribution in [0.15, 0.2) is 48.5 Å². The van der Waals surface area contributed by atoms with Crippen LogP contribution in [-0.4, -0.2) is 32.4 Å². The van der Waals surface area contributed by atoms with E-state index in [2.05, 4.69) is 0 Å². The summed E-state index contributed by atoms with van der Waals surface area (Å²) in [5.41, 5.74) is 1.75. The van der Waals surface area contributed by atoms with Crippen LogP contribution >= 0.6 is 0 Å². The molecule has 1 unspecified atom stereocenters. The number of alkyl halides is 3. The number of hydrogen-bond donors (Lipinski definition) is 0. The highest BCUT2D eigenvalue weighted by Crippen LogP contribution is 2.29. The van der Waals surface area contributed by atoms with Crippen LogP contribution in [0.25, 0.3) is 0 Å². The van der Waals surface area contributed by atoms with Crippen LogP contribution < -0.4 is 0 Å². The van der Waals surface area contributed by atoms with Gasteiger partial charge in [-0.15, -0.1) is 0 Å². The first-order chi connectivity index (χ1) is 12.6. The number of sulfonamides is 1. The van der Waals surface area contributed by atoms with Crippen molar-refractivity contribution >= 4 is 10.0 Å². The molecule has 27 heavy (non-hydrogen) atoms. The van der Waals surface area contributed by atoms with Crippen molar-refractivity contribution in [3.05, 3.63) is 70.8 Å². The minimum absolute atomic E-state index is 0.192. The molecular weight excluding hydrogens is 379 g/mol. The maximum atomic E-state index is 12.6. The Kier molecular flexibility index (Phi) is 5.60. The second-order valence-corrected chi connectivity index (χ2v) is 8.71. The van der Waals surface area contributed by atoms with Crippen molar-refractivity contribution in [3.8, 4) is 0 Å². The highest BCUT2D eigenvalue weighted by molar-refractivity contribution is 7.88. The van der Waals surface area contributed by atoms with Gasteiger partial charge in [-0.05, 0) is 28.8 Å². The van der Waals surface area contributed by atoms with Gasteiger partial charge in [-0.25, -0.2) is 12.7 Å². The molecule has 0 bridgehead atoms. The summed E-state index contributed by atoms with van der Waals surface area (Å²) in [6.07, 6.45) is -4.08. The maximum Gasteiger partial charge on any atom is 0.416 e. The van der Waals surface area contributed by atoms with E-state index in [9.17, 15) is 21.6 Å². The van der Waals surface area contributed by atoms with Crippen LogP contribution in [0.2, 0.25) is 0 Å². The van der Waals surface area contributed by atoms with Gasteiger partial charge in [0.2, 0.25) is 10.0 Å². The van der Waals surface area contributed by atoms with Crippen molar-refractivity contribution in [2.45, 2.75) is 31.1 Å². The Hall–Kier alpha value is -1.90. The van der Waals surface area contributed by atoms with Gasteiger partial charge < -0.3 is 4.74 Å². The number of halogens is 3. The SMILES string of the molecule is CN(CC1Cc2ccccc2CO1)S(=O)(=O)Cc1ccc(C(F)(F)F)cc1. The summed E-state index contributed by atoms with van der Waals surface area (Å²) in [5, 5.41) is 0. The molecule has 0 amide bonds. The van der Waals surface area contributed by atoms with Gasteiger partial charge in [-0.1, -0.05) is 36.4 Å². The number of rotatable bonds is 5. The van der Waals surface area contributed by atoms with Crippen molar-refractivity contribution in [2.24, 2.45) is 0 Å². The molecule has 1 aliphatic rings. The maximum absolute atomic E-state index is 12.6. The number of fused-ring (bicyclic) bond motifs is 1. The standard InChI is InChI=1S/C19H20F3NO3S/c1-23(11-18-10-15-4-2-3-5-16(15)12-26-18)27(24,25)13-14-6-8-17(9-7-14)19(20,21)22/h2-9,18H,10-13H2,1H3. The molecule has 3 rings (SSSR count). The van der Waals surface area contributed by atoms with E-state index < -0.39 is 21.8 Å². The van der Waals surface area contributed by atoms with E-state index in [1.165, 1.54) is 23.5 Å². The van der Waals surface area contributed by atoms with E-state index in [1.54, 1.807) is 0 Å². The lowest BCUT2D eigenvalue weighted by atomic mass is 9.99. The van der Waals surface area contributed by atoms with Crippen molar-refractivity contribution < 1.29 is 26.3 Å². The molecule has 0 fully saturated rings. The average Bonchev–Trinajstić information content (AvgIpc) is 2.61. The van der Waals surface area contributed by atoms with Gasteiger partial charge in [-0.3, -0.25) is 0 Å². The van der Waals surface area contributed by atoms with Crippen LogP contribution in [-0.2, 0) is 39.7 Å². The third-order valence-electron chi connectivity index (χ3n) is 4.61. The number of likely N-dealkylation sites (N-methyl/N-ethyl adjacent to an activating group) is 1. The summed E-state index contributed by atoms with van der Waals surface area (Å²) < 4.78 is 69.9. The first kappa shape index (κ1) is 19.9. The fourth-order valence-electron chi connectivity index (χ4n) is 3.04. The van der Waals surface area contributed by atoms with Crippen molar-refractivity contribution in [1.29, 1.82) is 0 Å². The lowest BCUT2D eigenvalue weighted by molar-refractivity contribution is -0.137. The van der Waals surface area contributed by atoms with Crippen molar-refractivity contribution in [1.82, 2.24) is 4.31 Å². The summed E-state index contributed by atoms with van der Waals surface area (Å²) in [6.45, 7) is 0.630. The zero-order valence-electron chi connectivity index (χ0n) is 14.7. The zero-order chi connectivity index (χ0) is 19.7. The second-order valence-electron chi connectivity index (χ2n) is 6.64. The zero-order valence-corrected chi connectivity index (χ0v) is 15.6. The minimum Gasteiger partial charge on any atom is -0.372 e. The molecule has 146 valence electrons. The molecule has 0 spiro atoms. The summed E-state index contributed by atoms with van der Waals surface area (Å²) in [7, 11) is -2.20. The molecule has 0 N–H and O–H groups in total. The van der Waals surface area contributed by atoms with Crippen LogP contribution in [0.3, 0.4) is 0 Å². The van der Waals surface area contributed by atoms with Gasteiger partial charge in [0.1, 0.15) is 0 Å². The van der Waals surface area contributed by atoms with Crippen molar-refractivity contribution in [2.75, 3.05) is 13.6 Å². The quantitative estimate of drug-likeness (QED) is 0.772. The van der Waals surface area contributed by atoms with Gasteiger partial charge in [0, 0.05) is 20.0 Å². The molecule has 0 aromatic heterocycles. The Labute approximate surface area is 156 Å². The van der Waals surface area contributed by atoms with E-state index in [4.69, 9.17) is 4.74 Å². The van der Waals surface area contributed by atoms with Gasteiger partial charge in [0.15, 0.2) is 0 Å². The Morgan fingerprint density at radius 3 is 2.33 bits per heavy atom. The van der Waals surface area contributed by atoms with Crippen LogP contribution in [0.5, 0.6) is 0 Å². The Bertz CT molecular complexity index is 895. The summed E-state index contributed by atoms with van der Waals surface area (Å²) in [5.74, 6) is -0.356. The van der Waals surface area contributed by atoms with E-state index in [0.29, 0.717) is 18.6 Å². The molecular formula is C19H20F3NO3S. The Morgan fingerprint density at radius 1 is 1.07 bits per heavy atom. The minimum atomic E-state index is -4.44. The van der Waals surface area contributed by atoms with Crippen LogP contribution in [0, 0.1) is 0 Å². The number of benzene rings is 2. The van der Waals surface area contributed by atoms with E-state index in [1.807, 2.05) is 24.3 Å². The largest absolute Gasteiger partial charge is 0.416 e. The smallest absolute Gasteiger partial charge is 0.372 e. The van der Waals surface area contributed by atoms with Crippen LogP contribution in [0.4, 0.5) is 13.2 Å². The molecule has 0 saturated heterocycles. The van der Waals surface area contributed by atoms with Crippen molar-refractivity contribution in [3.63, 3.8) is 0 Å². The van der Waals surface area contributed by atoms with Crippen LogP contribution in [0.1, 0.15) is 22.3 Å². The monoisotopic (exact) mass is 399 g/mol. The first-order valence-electron chi connectivity index (χ1n) is 8.44. The molecule has 0 radical (unpaired) electrons. The van der Waals surface area contributed by atoms with Gasteiger partial charge in [0.05, 0.1) is 24.0 Å². The molecule has 1 atom stereocenters. The lowest BCUT2D eigenvalue weighted by Crippen LogP contribution is -2.38. The molecule has 1 heterocycles. The predicted molar refractivity (Wildman–Crippen MR) is 95.4 cm³/mol. The number of hydrogen-bond acceptors (Lipinski definition) is 3. The summed E-state index contributed by atoms with van der Waals surface area (Å²) in [4.78, 5) is 0. The normalized spacial score (nSPS) is 17.7. The Morgan fingerprint density at radius 2 is 1.70 bits per heavy atom. The van der Waals surface area contributed by atoms with E-state index in [0.717, 1.165) is 23.3 Å². The summed E-state index contributed by atoms with van der Waals surface area (Å²) >= 11 is 0. The third-order valence-corrected chi connectivity index (χ3v) is 6.40. The molecule has 0 saturated carbocycles.